The molecule has 13 nitrogen and oxygen atoms in total. The number of carbonyl (C=O) groups is 3. The highest BCUT2D eigenvalue weighted by molar-refractivity contribution is 7.85. The predicted molar refractivity (Wildman–Crippen MR) is 201 cm³/mol. The number of unbranched alkanes of at least 4 members (excludes halogenated alkanes) is 10. The van der Waals surface area contributed by atoms with Crippen LogP contribution in [-0.4, -0.2) is 100 Å². The third-order valence-corrected chi connectivity index (χ3v) is 9.21. The molecule has 0 heterocycles. The molecule has 0 bridgehead atoms. The van der Waals surface area contributed by atoms with Gasteiger partial charge in [0.2, 0.25) is 5.91 Å². The molecule has 0 rings (SSSR count). The highest BCUT2D eigenvalue weighted by Gasteiger charge is 2.24. The number of nitrogens with one attached hydrogen (secondary N) is 1. The number of hydrogen-bond acceptors (Lipinski definition) is 11. The van der Waals surface area contributed by atoms with Crippen molar-refractivity contribution in [2.24, 2.45) is 0 Å². The molecular weight excluding hydrogens is 694 g/mol. The molecule has 0 spiro atoms. The SMILES string of the molecule is CCCCC/C=C/C(O)CCCCC/C=C/C(CCCCCCCC(=O)OC(C)C[C@H](O)[C@H](O)C[C@H](O)CCC(=O)NCCS(=O)(=O)O)OC(C)=O. The van der Waals surface area contributed by atoms with Gasteiger partial charge in [-0.25, -0.2) is 0 Å². The maximum absolute atomic E-state index is 12.3. The van der Waals surface area contributed by atoms with Crippen molar-refractivity contribution in [3.63, 3.8) is 0 Å². The predicted octanol–water partition coefficient (Wildman–Crippen LogP) is 5.23. The minimum atomic E-state index is -4.19. The van der Waals surface area contributed by atoms with E-state index >= 15 is 0 Å². The first-order valence-electron chi connectivity index (χ1n) is 19.3. The van der Waals surface area contributed by atoms with E-state index < -0.39 is 52.2 Å². The van der Waals surface area contributed by atoms with E-state index in [0.29, 0.717) is 6.42 Å². The van der Waals surface area contributed by atoms with E-state index in [2.05, 4.69) is 24.4 Å². The number of aliphatic hydroxyl groups is 4. The fourth-order valence-electron chi connectivity index (χ4n) is 5.54. The van der Waals surface area contributed by atoms with E-state index in [9.17, 15) is 43.2 Å². The summed E-state index contributed by atoms with van der Waals surface area (Å²) in [4.78, 5) is 35.5. The molecule has 0 fully saturated rings. The van der Waals surface area contributed by atoms with Crippen molar-refractivity contribution in [3.05, 3.63) is 24.3 Å². The summed E-state index contributed by atoms with van der Waals surface area (Å²) < 4.78 is 40.8. The lowest BCUT2D eigenvalue weighted by molar-refractivity contribution is -0.150. The molecule has 0 saturated heterocycles. The molecule has 0 aromatic rings. The lowest BCUT2D eigenvalue weighted by atomic mass is 9.99. The number of amides is 1. The zero-order chi connectivity index (χ0) is 39.2. The van der Waals surface area contributed by atoms with Crippen LogP contribution < -0.4 is 5.32 Å². The summed E-state index contributed by atoms with van der Waals surface area (Å²) in [5.74, 6) is -1.86. The highest BCUT2D eigenvalue weighted by atomic mass is 32.2. The van der Waals surface area contributed by atoms with Crippen molar-refractivity contribution >= 4 is 28.0 Å². The lowest BCUT2D eigenvalue weighted by Crippen LogP contribution is -2.34. The number of aliphatic hydroxyl groups excluding tert-OH is 4. The van der Waals surface area contributed by atoms with Gasteiger partial charge in [-0.3, -0.25) is 18.9 Å². The molecule has 3 unspecified atom stereocenters. The molecule has 0 aliphatic carbocycles. The van der Waals surface area contributed by atoms with Gasteiger partial charge in [-0.05, 0) is 70.8 Å². The minimum absolute atomic E-state index is 0.0263. The molecule has 0 aliphatic rings. The molecular formula is C38H69NO12S. The molecule has 0 saturated carbocycles. The Morgan fingerprint density at radius 2 is 1.33 bits per heavy atom. The van der Waals surface area contributed by atoms with Crippen molar-refractivity contribution in [1.29, 1.82) is 0 Å². The Hall–Kier alpha value is -2.36. The van der Waals surface area contributed by atoms with Crippen molar-refractivity contribution in [1.82, 2.24) is 5.32 Å². The Morgan fingerprint density at radius 1 is 0.731 bits per heavy atom. The van der Waals surface area contributed by atoms with Crippen LogP contribution in [0.3, 0.4) is 0 Å². The zero-order valence-electron chi connectivity index (χ0n) is 31.8. The molecule has 0 aromatic heterocycles. The van der Waals surface area contributed by atoms with E-state index in [1.807, 2.05) is 12.2 Å². The number of esters is 2. The summed E-state index contributed by atoms with van der Waals surface area (Å²) in [6, 6.07) is 0. The van der Waals surface area contributed by atoms with Gasteiger partial charge in [-0.2, -0.15) is 8.42 Å². The lowest BCUT2D eigenvalue weighted by Gasteiger charge is -2.23. The van der Waals surface area contributed by atoms with Crippen LogP contribution in [0.2, 0.25) is 0 Å². The molecule has 0 radical (unpaired) electrons. The number of allylic oxidation sites excluding steroid dienone is 2. The molecule has 14 heteroatoms. The second kappa shape index (κ2) is 31.0. The van der Waals surface area contributed by atoms with Crippen LogP contribution in [0.1, 0.15) is 149 Å². The second-order valence-electron chi connectivity index (χ2n) is 13.7. The van der Waals surface area contributed by atoms with E-state index in [4.69, 9.17) is 14.0 Å². The Labute approximate surface area is 312 Å². The maximum atomic E-state index is 12.3. The highest BCUT2D eigenvalue weighted by Crippen LogP contribution is 2.16. The monoisotopic (exact) mass is 763 g/mol. The number of rotatable bonds is 33. The average Bonchev–Trinajstić information content (AvgIpc) is 3.05. The Morgan fingerprint density at radius 3 is 2.00 bits per heavy atom. The van der Waals surface area contributed by atoms with Gasteiger partial charge in [0.05, 0.1) is 30.2 Å². The summed E-state index contributed by atoms with van der Waals surface area (Å²) in [6.07, 6.45) is 17.1. The van der Waals surface area contributed by atoms with Gasteiger partial charge >= 0.3 is 11.9 Å². The fraction of sp³-hybridized carbons (Fsp3) is 0.816. The Balaban J connectivity index is 4.11. The molecule has 1 amide bonds. The second-order valence-corrected chi connectivity index (χ2v) is 15.3. The van der Waals surface area contributed by atoms with Crippen LogP contribution in [0.15, 0.2) is 24.3 Å². The zero-order valence-corrected chi connectivity index (χ0v) is 32.6. The molecule has 0 aliphatic heterocycles. The summed E-state index contributed by atoms with van der Waals surface area (Å²) in [5.41, 5.74) is 0. The molecule has 52 heavy (non-hydrogen) atoms. The number of hydrogen-bond donors (Lipinski definition) is 6. The van der Waals surface area contributed by atoms with Crippen molar-refractivity contribution < 1.29 is 57.3 Å². The van der Waals surface area contributed by atoms with Crippen LogP contribution in [-0.2, 0) is 34.0 Å². The van der Waals surface area contributed by atoms with E-state index in [0.717, 1.165) is 70.6 Å². The van der Waals surface area contributed by atoms with Crippen molar-refractivity contribution in [2.45, 2.75) is 186 Å². The van der Waals surface area contributed by atoms with Crippen LogP contribution in [0, 0.1) is 0 Å². The quantitative estimate of drug-likeness (QED) is 0.0219. The van der Waals surface area contributed by atoms with Gasteiger partial charge in [0, 0.05) is 39.2 Å². The summed E-state index contributed by atoms with van der Waals surface area (Å²) in [7, 11) is -4.19. The molecule has 0 aromatic carbocycles. The number of carbonyl (C=O) groups excluding carboxylic acids is 3. The van der Waals surface area contributed by atoms with Crippen LogP contribution in [0.4, 0.5) is 0 Å². The van der Waals surface area contributed by atoms with Crippen LogP contribution in [0.5, 0.6) is 0 Å². The molecule has 304 valence electrons. The maximum Gasteiger partial charge on any atom is 0.306 e. The summed E-state index contributed by atoms with van der Waals surface area (Å²) >= 11 is 0. The standard InChI is InChI=1S/C38H69NO12S/c1-4-5-6-9-14-19-32(41)20-15-10-7-11-16-21-34(51-31(3)40)22-17-12-8-13-18-23-38(46)50-30(2)28-35(43)36(44)29-33(42)24-25-37(45)39-26-27-52(47,48)49/h14,16,19,21,30,32-36,41-44H,4-13,15,17-18,20,22-29H2,1-3H3,(H,39,45)(H,47,48,49)/b19-14+,21-16+/t30?,32?,33-,34?,35+,36-/m1/s1. The first kappa shape index (κ1) is 49.6. The first-order chi connectivity index (χ1) is 24.6. The fourth-order valence-corrected chi connectivity index (χ4v) is 5.90. The van der Waals surface area contributed by atoms with Crippen LogP contribution >= 0.6 is 0 Å². The third-order valence-electron chi connectivity index (χ3n) is 8.49. The van der Waals surface area contributed by atoms with Gasteiger partial charge in [0.1, 0.15) is 12.2 Å². The van der Waals surface area contributed by atoms with E-state index in [1.165, 1.54) is 26.2 Å². The van der Waals surface area contributed by atoms with Gasteiger partial charge < -0.3 is 35.2 Å². The summed E-state index contributed by atoms with van der Waals surface area (Å²) in [6.45, 7) is 4.93. The Bertz CT molecular complexity index is 1110. The van der Waals surface area contributed by atoms with E-state index in [1.54, 1.807) is 6.92 Å². The largest absolute Gasteiger partial charge is 0.463 e. The summed E-state index contributed by atoms with van der Waals surface area (Å²) in [5, 5.41) is 43.0. The van der Waals surface area contributed by atoms with Crippen molar-refractivity contribution in [3.8, 4) is 0 Å². The van der Waals surface area contributed by atoms with Gasteiger partial charge in [0.15, 0.2) is 0 Å². The minimum Gasteiger partial charge on any atom is -0.463 e. The Kier molecular flexibility index (Phi) is 29.6. The third kappa shape index (κ3) is 32.3. The smallest absolute Gasteiger partial charge is 0.306 e. The first-order valence-corrected chi connectivity index (χ1v) is 20.9. The van der Waals surface area contributed by atoms with Crippen molar-refractivity contribution in [2.75, 3.05) is 12.3 Å². The molecule has 6 N–H and O–H groups in total. The average molecular weight is 764 g/mol. The van der Waals surface area contributed by atoms with Gasteiger partial charge in [-0.1, -0.05) is 70.1 Å². The normalized spacial score (nSPS) is 15.6. The topological polar surface area (TPSA) is 217 Å². The van der Waals surface area contributed by atoms with E-state index in [-0.39, 0.29) is 56.8 Å². The van der Waals surface area contributed by atoms with Gasteiger partial charge in [-0.15, -0.1) is 0 Å². The molecule has 6 atom stereocenters. The number of ether oxygens (including phenoxy) is 2. The van der Waals surface area contributed by atoms with Crippen LogP contribution in [0.25, 0.3) is 0 Å². The van der Waals surface area contributed by atoms with Gasteiger partial charge in [0.25, 0.3) is 10.1 Å².